The van der Waals surface area contributed by atoms with Crippen molar-refractivity contribution in [3.05, 3.63) is 0 Å². The minimum Gasteiger partial charge on any atom is -0.390 e. The summed E-state index contributed by atoms with van der Waals surface area (Å²) in [5.41, 5.74) is -1.38. The molecule has 0 aromatic heterocycles. The van der Waals surface area contributed by atoms with E-state index in [4.69, 9.17) is 4.55 Å². The lowest BCUT2D eigenvalue weighted by Crippen LogP contribution is -2.45. The monoisotopic (exact) mass is 195 g/mol. The van der Waals surface area contributed by atoms with Crippen molar-refractivity contribution in [2.75, 3.05) is 0 Å². The molecule has 12 heavy (non-hydrogen) atoms. The summed E-state index contributed by atoms with van der Waals surface area (Å²) in [7, 11) is 0. The van der Waals surface area contributed by atoms with E-state index in [0.717, 1.165) is 0 Å². The van der Waals surface area contributed by atoms with Crippen LogP contribution in [0.15, 0.2) is 0 Å². The Morgan fingerprint density at radius 3 is 2.00 bits per heavy atom. The highest BCUT2D eigenvalue weighted by atomic mass is 32.2. The highest BCUT2D eigenvalue weighted by molar-refractivity contribution is 7.77. The van der Waals surface area contributed by atoms with Gasteiger partial charge in [0.2, 0.25) is 11.3 Å². The second kappa shape index (κ2) is 3.83. The molecule has 1 unspecified atom stereocenters. The van der Waals surface area contributed by atoms with E-state index in [-0.39, 0.29) is 0 Å². The second-order valence-electron chi connectivity index (χ2n) is 4.22. The number of nitrogens with one attached hydrogen (secondary N) is 1. The van der Waals surface area contributed by atoms with Gasteiger partial charge in [-0.3, -0.25) is 4.55 Å². The van der Waals surface area contributed by atoms with E-state index in [9.17, 15) is 9.32 Å². The Kier molecular flexibility index (Phi) is 3.84. The molecule has 0 radical (unpaired) electrons. The van der Waals surface area contributed by atoms with E-state index in [1.807, 2.05) is 0 Å². The summed E-state index contributed by atoms with van der Waals surface area (Å²) in [6.07, 6.45) is 0.409. The zero-order valence-corrected chi connectivity index (χ0v) is 8.73. The van der Waals surface area contributed by atoms with Gasteiger partial charge < -0.3 is 5.11 Å². The molecular weight excluding hydrogens is 178 g/mol. The number of aliphatic hydroxyl groups is 1. The average molecular weight is 195 g/mol. The largest absolute Gasteiger partial charge is 0.390 e. The third kappa shape index (κ3) is 6.72. The summed E-state index contributed by atoms with van der Waals surface area (Å²) >= 11 is -2.03. The number of hydrogen-bond acceptors (Lipinski definition) is 2. The minimum atomic E-state index is -2.03. The fourth-order valence-corrected chi connectivity index (χ4v) is 1.90. The summed E-state index contributed by atoms with van der Waals surface area (Å²) in [5.74, 6) is 0. The van der Waals surface area contributed by atoms with Crippen LogP contribution >= 0.6 is 0 Å². The van der Waals surface area contributed by atoms with Crippen molar-refractivity contribution in [2.45, 2.75) is 45.3 Å². The van der Waals surface area contributed by atoms with E-state index in [1.165, 1.54) is 0 Å². The van der Waals surface area contributed by atoms with Crippen molar-refractivity contribution < 1.29 is 13.9 Å². The predicted molar refractivity (Wildman–Crippen MR) is 48.9 cm³/mol. The van der Waals surface area contributed by atoms with Crippen LogP contribution in [0.1, 0.15) is 34.1 Å². The van der Waals surface area contributed by atoms with Gasteiger partial charge in [0.15, 0.2) is 0 Å². The van der Waals surface area contributed by atoms with Crippen molar-refractivity contribution in [3.63, 3.8) is 0 Å². The van der Waals surface area contributed by atoms with E-state index in [1.54, 1.807) is 27.7 Å². The fourth-order valence-electron chi connectivity index (χ4n) is 1.35. The molecule has 0 fully saturated rings. The first-order valence-electron chi connectivity index (χ1n) is 3.73. The molecule has 5 heteroatoms. The summed E-state index contributed by atoms with van der Waals surface area (Å²) in [4.78, 5) is 0. The summed E-state index contributed by atoms with van der Waals surface area (Å²) in [6, 6.07) is 0. The van der Waals surface area contributed by atoms with E-state index < -0.39 is 22.4 Å². The maximum atomic E-state index is 10.4. The van der Waals surface area contributed by atoms with Crippen LogP contribution in [0.2, 0.25) is 0 Å². The Hall–Kier alpha value is 0.0300. The molecule has 0 aromatic rings. The van der Waals surface area contributed by atoms with Crippen LogP contribution in [0, 0.1) is 0 Å². The van der Waals surface area contributed by atoms with Crippen LogP contribution < -0.4 is 4.72 Å². The molecule has 0 aliphatic heterocycles. The first kappa shape index (κ1) is 12.0. The molecule has 0 aromatic carbocycles. The normalized spacial score (nSPS) is 16.2. The Morgan fingerprint density at radius 2 is 1.75 bits per heavy atom. The maximum Gasteiger partial charge on any atom is 0.232 e. The predicted octanol–water partition coefficient (Wildman–Crippen LogP) is 0.652. The molecule has 3 N–H and O–H groups in total. The standard InChI is InChI=1S/C7H17NO3S/c1-6(2,8-12(10)11)5-7(3,4)9/h8-9H,5H2,1-4H3,(H,10,11). The molecule has 4 nitrogen and oxygen atoms in total. The Balaban J connectivity index is 4.13. The van der Waals surface area contributed by atoms with Crippen LogP contribution in [-0.2, 0) is 11.3 Å². The van der Waals surface area contributed by atoms with Gasteiger partial charge in [-0.25, -0.2) is 8.93 Å². The van der Waals surface area contributed by atoms with E-state index in [2.05, 4.69) is 4.72 Å². The van der Waals surface area contributed by atoms with Crippen LogP contribution in [0.3, 0.4) is 0 Å². The Morgan fingerprint density at radius 1 is 1.33 bits per heavy atom. The van der Waals surface area contributed by atoms with Gasteiger partial charge in [0, 0.05) is 5.54 Å². The molecule has 0 bridgehead atoms. The molecule has 74 valence electrons. The summed E-state index contributed by atoms with van der Waals surface area (Å²) in [6.45, 7) is 6.85. The van der Waals surface area contributed by atoms with Crippen molar-refractivity contribution in [3.8, 4) is 0 Å². The maximum absolute atomic E-state index is 10.4. The van der Waals surface area contributed by atoms with Gasteiger partial charge in [0.25, 0.3) is 0 Å². The topological polar surface area (TPSA) is 69.6 Å². The SMILES string of the molecule is CC(C)(O)CC(C)(C)NS(=O)O. The second-order valence-corrected chi connectivity index (χ2v) is 4.93. The van der Waals surface area contributed by atoms with Gasteiger partial charge in [-0.15, -0.1) is 0 Å². The fraction of sp³-hybridized carbons (Fsp3) is 1.00. The number of rotatable bonds is 4. The molecular formula is C7H17NO3S. The van der Waals surface area contributed by atoms with Crippen molar-refractivity contribution in [1.82, 2.24) is 4.72 Å². The highest BCUT2D eigenvalue weighted by Gasteiger charge is 2.27. The van der Waals surface area contributed by atoms with Crippen LogP contribution in [0.5, 0.6) is 0 Å². The van der Waals surface area contributed by atoms with Gasteiger partial charge in [0.1, 0.15) is 0 Å². The van der Waals surface area contributed by atoms with Crippen LogP contribution in [-0.4, -0.2) is 25.0 Å². The van der Waals surface area contributed by atoms with Gasteiger partial charge in [0.05, 0.1) is 5.60 Å². The first-order valence-corrected chi connectivity index (χ1v) is 4.84. The zero-order chi connectivity index (χ0) is 9.99. The molecule has 0 saturated carbocycles. The molecule has 0 aliphatic rings. The van der Waals surface area contributed by atoms with Crippen molar-refractivity contribution >= 4 is 11.3 Å². The average Bonchev–Trinajstić information content (AvgIpc) is 1.48. The van der Waals surface area contributed by atoms with Gasteiger partial charge in [-0.2, -0.15) is 0 Å². The molecule has 0 rings (SSSR count). The molecule has 0 aliphatic carbocycles. The lowest BCUT2D eigenvalue weighted by molar-refractivity contribution is 0.0487. The Bertz CT molecular complexity index is 174. The van der Waals surface area contributed by atoms with Crippen LogP contribution in [0.4, 0.5) is 0 Å². The lowest BCUT2D eigenvalue weighted by Gasteiger charge is -2.30. The van der Waals surface area contributed by atoms with Crippen molar-refractivity contribution in [1.29, 1.82) is 0 Å². The highest BCUT2D eigenvalue weighted by Crippen LogP contribution is 2.19. The smallest absolute Gasteiger partial charge is 0.232 e. The van der Waals surface area contributed by atoms with Gasteiger partial charge in [-0.1, -0.05) is 0 Å². The number of hydrogen-bond donors (Lipinski definition) is 3. The van der Waals surface area contributed by atoms with Crippen molar-refractivity contribution in [2.24, 2.45) is 0 Å². The molecule has 0 amide bonds. The van der Waals surface area contributed by atoms with E-state index in [0.29, 0.717) is 6.42 Å². The Labute approximate surface area is 75.8 Å². The third-order valence-corrected chi connectivity index (χ3v) is 1.97. The summed E-state index contributed by atoms with van der Waals surface area (Å²) < 4.78 is 21.4. The quantitative estimate of drug-likeness (QED) is 0.577. The van der Waals surface area contributed by atoms with Crippen LogP contribution in [0.25, 0.3) is 0 Å². The zero-order valence-electron chi connectivity index (χ0n) is 7.92. The van der Waals surface area contributed by atoms with E-state index >= 15 is 0 Å². The summed E-state index contributed by atoms with van der Waals surface area (Å²) in [5, 5.41) is 9.45. The first-order chi connectivity index (χ1) is 5.12. The molecule has 0 heterocycles. The molecule has 0 spiro atoms. The molecule has 0 saturated heterocycles. The minimum absolute atomic E-state index is 0.409. The van der Waals surface area contributed by atoms with Gasteiger partial charge >= 0.3 is 0 Å². The third-order valence-electron chi connectivity index (χ3n) is 1.24. The van der Waals surface area contributed by atoms with Gasteiger partial charge in [-0.05, 0) is 34.1 Å². The molecule has 1 atom stereocenters. The lowest BCUT2D eigenvalue weighted by atomic mass is 9.91.